The molecule has 1 aromatic rings. The Labute approximate surface area is 163 Å². The molecule has 0 aromatic heterocycles. The predicted octanol–water partition coefficient (Wildman–Crippen LogP) is 6.27. The molecule has 5 heteroatoms. The van der Waals surface area contributed by atoms with E-state index < -0.39 is 6.16 Å². The highest BCUT2D eigenvalue weighted by Crippen LogP contribution is 2.46. The first-order valence-corrected chi connectivity index (χ1v) is 10.4. The van der Waals surface area contributed by atoms with E-state index in [2.05, 4.69) is 6.92 Å². The maximum absolute atomic E-state index is 11.1. The number of carboxylic acid groups (broad SMARTS) is 1. The van der Waals surface area contributed by atoms with Gasteiger partial charge in [0.25, 0.3) is 0 Å². The van der Waals surface area contributed by atoms with Gasteiger partial charge in [-0.25, -0.2) is 4.79 Å². The van der Waals surface area contributed by atoms with Crippen molar-refractivity contribution in [2.45, 2.75) is 91.9 Å². The molecule has 1 aromatic carbocycles. The number of rotatable bonds is 13. The molecule has 0 atom stereocenters. The maximum atomic E-state index is 11.1. The number of phenolic OH excluding ortho intramolecular Hbond substituents is 1. The molecule has 0 fully saturated rings. The van der Waals surface area contributed by atoms with Crippen LogP contribution in [0.4, 0.5) is 4.79 Å². The molecule has 0 saturated carbocycles. The number of hydrogen-bond acceptors (Lipinski definition) is 4. The molecule has 27 heavy (non-hydrogen) atoms. The lowest BCUT2D eigenvalue weighted by atomic mass is 9.93. The third kappa shape index (κ3) is 6.64. The summed E-state index contributed by atoms with van der Waals surface area (Å²) in [5.41, 5.74) is 2.71. The molecule has 0 aliphatic carbocycles. The summed E-state index contributed by atoms with van der Waals surface area (Å²) in [5, 5.41) is 19.7. The van der Waals surface area contributed by atoms with Crippen LogP contribution in [0.1, 0.15) is 89.3 Å². The van der Waals surface area contributed by atoms with Crippen LogP contribution in [0.5, 0.6) is 17.2 Å². The van der Waals surface area contributed by atoms with Crippen molar-refractivity contribution in [3.8, 4) is 17.2 Å². The highest BCUT2D eigenvalue weighted by atomic mass is 16.7. The zero-order valence-corrected chi connectivity index (χ0v) is 17.4. The standard InChI is InChI=1S/C22H36O5/c1-5-9-10-11-12-13-14-15-26-20-18(8-4)16(6-2)17(7-3)19(23)21(20)27-22(24)25/h23H,5-15H2,1-4H3,(H,24,25). The van der Waals surface area contributed by atoms with Gasteiger partial charge in [-0.2, -0.15) is 0 Å². The van der Waals surface area contributed by atoms with Crippen molar-refractivity contribution in [2.75, 3.05) is 6.61 Å². The van der Waals surface area contributed by atoms with Crippen molar-refractivity contribution in [3.63, 3.8) is 0 Å². The van der Waals surface area contributed by atoms with Crippen LogP contribution in [0.15, 0.2) is 0 Å². The van der Waals surface area contributed by atoms with Gasteiger partial charge in [0.05, 0.1) is 6.61 Å². The molecule has 0 bridgehead atoms. The number of unbranched alkanes of at least 4 members (excludes halogenated alkanes) is 6. The number of phenols is 1. The molecule has 0 aliphatic rings. The van der Waals surface area contributed by atoms with Crippen LogP contribution in [0, 0.1) is 0 Å². The summed E-state index contributed by atoms with van der Waals surface area (Å²) < 4.78 is 10.9. The average Bonchev–Trinajstić information content (AvgIpc) is 2.65. The van der Waals surface area contributed by atoms with Crippen LogP contribution in [-0.2, 0) is 19.3 Å². The number of ether oxygens (including phenoxy) is 2. The van der Waals surface area contributed by atoms with Crippen molar-refractivity contribution in [3.05, 3.63) is 16.7 Å². The Balaban J connectivity index is 2.95. The van der Waals surface area contributed by atoms with Crippen molar-refractivity contribution < 1.29 is 24.5 Å². The van der Waals surface area contributed by atoms with Crippen LogP contribution >= 0.6 is 0 Å². The van der Waals surface area contributed by atoms with Crippen molar-refractivity contribution >= 4 is 6.16 Å². The quantitative estimate of drug-likeness (QED) is 0.240. The fourth-order valence-corrected chi connectivity index (χ4v) is 3.59. The lowest BCUT2D eigenvalue weighted by Crippen LogP contribution is -2.11. The van der Waals surface area contributed by atoms with Gasteiger partial charge in [-0.1, -0.05) is 66.2 Å². The van der Waals surface area contributed by atoms with Gasteiger partial charge in [0, 0.05) is 11.1 Å². The van der Waals surface area contributed by atoms with E-state index in [1.807, 2.05) is 20.8 Å². The van der Waals surface area contributed by atoms with Crippen LogP contribution < -0.4 is 9.47 Å². The highest BCUT2D eigenvalue weighted by molar-refractivity contribution is 5.70. The summed E-state index contributed by atoms with van der Waals surface area (Å²) in [5.74, 6) is 0.220. The Morgan fingerprint density at radius 3 is 1.85 bits per heavy atom. The minimum atomic E-state index is -1.44. The molecule has 0 amide bonds. The van der Waals surface area contributed by atoms with Gasteiger partial charge >= 0.3 is 6.16 Å². The molecular formula is C22H36O5. The van der Waals surface area contributed by atoms with Gasteiger partial charge < -0.3 is 19.7 Å². The predicted molar refractivity (Wildman–Crippen MR) is 108 cm³/mol. The average molecular weight is 381 g/mol. The topological polar surface area (TPSA) is 76.0 Å². The van der Waals surface area contributed by atoms with Gasteiger partial charge in [0.1, 0.15) is 0 Å². The minimum absolute atomic E-state index is 0.0589. The van der Waals surface area contributed by atoms with Gasteiger partial charge in [-0.15, -0.1) is 0 Å². The summed E-state index contributed by atoms with van der Waals surface area (Å²) in [7, 11) is 0. The van der Waals surface area contributed by atoms with Gasteiger partial charge in [-0.3, -0.25) is 0 Å². The van der Waals surface area contributed by atoms with Crippen LogP contribution in [-0.4, -0.2) is 23.0 Å². The second kappa shape index (κ2) is 12.5. The molecule has 154 valence electrons. The Hall–Kier alpha value is -1.91. The Bertz CT molecular complexity index is 595. The van der Waals surface area contributed by atoms with Gasteiger partial charge in [0.2, 0.25) is 5.75 Å². The summed E-state index contributed by atoms with van der Waals surface area (Å²) in [6.45, 7) is 8.68. The van der Waals surface area contributed by atoms with E-state index >= 15 is 0 Å². The molecule has 1 rings (SSSR count). The Morgan fingerprint density at radius 1 is 0.778 bits per heavy atom. The van der Waals surface area contributed by atoms with Crippen LogP contribution in [0.2, 0.25) is 0 Å². The largest absolute Gasteiger partial charge is 0.511 e. The zero-order valence-electron chi connectivity index (χ0n) is 17.4. The SMILES string of the molecule is CCCCCCCCCOc1c(CC)c(CC)c(CC)c(O)c1OC(=O)O. The maximum Gasteiger partial charge on any atom is 0.511 e. The summed E-state index contributed by atoms with van der Waals surface area (Å²) >= 11 is 0. The number of hydrogen-bond donors (Lipinski definition) is 2. The molecular weight excluding hydrogens is 344 g/mol. The van der Waals surface area contributed by atoms with E-state index in [-0.39, 0.29) is 11.5 Å². The van der Waals surface area contributed by atoms with E-state index in [0.29, 0.717) is 25.2 Å². The van der Waals surface area contributed by atoms with E-state index in [9.17, 15) is 9.90 Å². The number of benzene rings is 1. The molecule has 2 N–H and O–H groups in total. The third-order valence-electron chi connectivity index (χ3n) is 4.95. The first kappa shape index (κ1) is 23.1. The molecule has 0 heterocycles. The van der Waals surface area contributed by atoms with Crippen molar-refractivity contribution in [1.29, 1.82) is 0 Å². The van der Waals surface area contributed by atoms with Crippen LogP contribution in [0.25, 0.3) is 0 Å². The van der Waals surface area contributed by atoms with Crippen LogP contribution in [0.3, 0.4) is 0 Å². The first-order chi connectivity index (χ1) is 13.0. The monoisotopic (exact) mass is 380 g/mol. The summed E-state index contributed by atoms with van der Waals surface area (Å²) in [6.07, 6.45) is 8.83. The third-order valence-corrected chi connectivity index (χ3v) is 4.95. The zero-order chi connectivity index (χ0) is 20.2. The Morgan fingerprint density at radius 2 is 1.33 bits per heavy atom. The second-order valence-corrected chi connectivity index (χ2v) is 6.84. The van der Waals surface area contributed by atoms with Gasteiger partial charge in [-0.05, 0) is 31.2 Å². The highest BCUT2D eigenvalue weighted by Gasteiger charge is 2.25. The molecule has 0 unspecified atom stereocenters. The number of carbonyl (C=O) groups is 1. The minimum Gasteiger partial charge on any atom is -0.504 e. The van der Waals surface area contributed by atoms with E-state index in [1.54, 1.807) is 0 Å². The first-order valence-electron chi connectivity index (χ1n) is 10.4. The van der Waals surface area contributed by atoms with Crippen molar-refractivity contribution in [2.24, 2.45) is 0 Å². The molecule has 0 aliphatic heterocycles. The summed E-state index contributed by atoms with van der Waals surface area (Å²) in [4.78, 5) is 11.1. The fraction of sp³-hybridized carbons (Fsp3) is 0.682. The van der Waals surface area contributed by atoms with E-state index in [0.717, 1.165) is 36.0 Å². The number of aromatic hydroxyl groups is 1. The van der Waals surface area contributed by atoms with Gasteiger partial charge in [0.15, 0.2) is 11.5 Å². The molecule has 0 spiro atoms. The van der Waals surface area contributed by atoms with Crippen molar-refractivity contribution in [1.82, 2.24) is 0 Å². The lowest BCUT2D eigenvalue weighted by Gasteiger charge is -2.21. The fourth-order valence-electron chi connectivity index (χ4n) is 3.59. The second-order valence-electron chi connectivity index (χ2n) is 6.84. The summed E-state index contributed by atoms with van der Waals surface area (Å²) in [6, 6.07) is 0. The smallest absolute Gasteiger partial charge is 0.504 e. The Kier molecular flexibility index (Phi) is 10.7. The van der Waals surface area contributed by atoms with E-state index in [4.69, 9.17) is 14.6 Å². The van der Waals surface area contributed by atoms with E-state index in [1.165, 1.54) is 32.1 Å². The molecule has 0 saturated heterocycles. The normalized spacial score (nSPS) is 10.8. The lowest BCUT2D eigenvalue weighted by molar-refractivity contribution is 0.140. The molecule has 5 nitrogen and oxygen atoms in total. The molecule has 0 radical (unpaired) electrons.